The Morgan fingerprint density at radius 2 is 1.96 bits per heavy atom. The maximum absolute atomic E-state index is 12.8. The number of carbonyl (C=O) groups is 2. The van der Waals surface area contributed by atoms with E-state index in [0.717, 1.165) is 11.3 Å². The number of amides is 1. The molecule has 0 bridgehead atoms. The van der Waals surface area contributed by atoms with E-state index in [-0.39, 0.29) is 18.8 Å². The second-order valence-electron chi connectivity index (χ2n) is 6.30. The van der Waals surface area contributed by atoms with Gasteiger partial charge >= 0.3 is 5.97 Å². The maximum atomic E-state index is 12.8. The van der Waals surface area contributed by atoms with Gasteiger partial charge in [0.1, 0.15) is 12.1 Å². The third kappa shape index (κ3) is 4.67. The van der Waals surface area contributed by atoms with Gasteiger partial charge in [0.2, 0.25) is 0 Å². The smallest absolute Gasteiger partial charge is 0.310 e. The van der Waals surface area contributed by atoms with Gasteiger partial charge in [-0.3, -0.25) is 9.59 Å². The highest BCUT2D eigenvalue weighted by Crippen LogP contribution is 2.14. The van der Waals surface area contributed by atoms with E-state index in [4.69, 9.17) is 4.74 Å². The zero-order valence-electron chi connectivity index (χ0n) is 15.6. The molecule has 2 heterocycles. The zero-order chi connectivity index (χ0) is 20.1. The van der Waals surface area contributed by atoms with Crippen LogP contribution < -0.4 is 5.32 Å². The molecule has 0 saturated carbocycles. The summed E-state index contributed by atoms with van der Waals surface area (Å²) >= 11 is 0. The van der Waals surface area contributed by atoms with E-state index in [1.807, 2.05) is 6.92 Å². The first-order valence-electron chi connectivity index (χ1n) is 8.76. The van der Waals surface area contributed by atoms with Crippen LogP contribution in [-0.2, 0) is 27.2 Å². The molecule has 0 atom stereocenters. The van der Waals surface area contributed by atoms with Gasteiger partial charge in [0, 0.05) is 23.5 Å². The molecule has 0 unspecified atom stereocenters. The average molecular weight is 385 g/mol. The summed E-state index contributed by atoms with van der Waals surface area (Å²) in [6.07, 6.45) is 1.94. The van der Waals surface area contributed by atoms with Crippen molar-refractivity contribution in [3.63, 3.8) is 0 Å². The van der Waals surface area contributed by atoms with Gasteiger partial charge in [0.05, 0.1) is 6.42 Å². The summed E-state index contributed by atoms with van der Waals surface area (Å²) < 4.78 is 19.5. The third-order valence-corrected chi connectivity index (χ3v) is 4.32. The van der Waals surface area contributed by atoms with Crippen LogP contribution in [0.2, 0.25) is 0 Å². The Bertz CT molecular complexity index is 1000. The fraction of sp³-hybridized carbons (Fsp3) is 0.316. The molecular formula is C19H20FN5O3. The van der Waals surface area contributed by atoms with Gasteiger partial charge in [-0.05, 0) is 38.0 Å². The number of nitrogens with zero attached hydrogens (tertiary/aromatic N) is 4. The Morgan fingerprint density at radius 1 is 1.21 bits per heavy atom. The fourth-order valence-electron chi connectivity index (χ4n) is 2.80. The summed E-state index contributed by atoms with van der Waals surface area (Å²) in [6.45, 7) is 3.61. The van der Waals surface area contributed by atoms with Gasteiger partial charge in [-0.2, -0.15) is 10.1 Å². The Morgan fingerprint density at radius 3 is 2.71 bits per heavy atom. The first-order valence-corrected chi connectivity index (χ1v) is 8.76. The number of ether oxygens (including phenoxy) is 1. The van der Waals surface area contributed by atoms with Crippen LogP contribution in [0.15, 0.2) is 30.6 Å². The van der Waals surface area contributed by atoms with Crippen LogP contribution >= 0.6 is 0 Å². The quantitative estimate of drug-likeness (QED) is 0.616. The summed E-state index contributed by atoms with van der Waals surface area (Å²) in [5.74, 6) is -0.758. The van der Waals surface area contributed by atoms with Crippen molar-refractivity contribution in [3.05, 3.63) is 58.9 Å². The minimum Gasteiger partial charge on any atom is -0.455 e. The standard InChI is InChI=1S/C19H20FN5O3/c1-12-16(13(2)25-19(24-12)22-11-23-25)9-18(27)28-10-17(26)21-8-7-14-3-5-15(20)6-4-14/h3-6,11H,7-10H2,1-2H3,(H,21,26). The lowest BCUT2D eigenvalue weighted by Gasteiger charge is -2.10. The highest BCUT2D eigenvalue weighted by molar-refractivity contribution is 5.81. The van der Waals surface area contributed by atoms with Crippen molar-refractivity contribution in [1.29, 1.82) is 0 Å². The number of halogens is 1. The van der Waals surface area contributed by atoms with Crippen molar-refractivity contribution in [2.45, 2.75) is 26.7 Å². The molecule has 0 fully saturated rings. The molecule has 9 heteroatoms. The first-order chi connectivity index (χ1) is 13.4. The van der Waals surface area contributed by atoms with E-state index in [9.17, 15) is 14.0 Å². The number of fused-ring (bicyclic) bond motifs is 1. The van der Waals surface area contributed by atoms with Crippen LogP contribution in [0.3, 0.4) is 0 Å². The largest absolute Gasteiger partial charge is 0.455 e. The molecule has 0 spiro atoms. The molecule has 0 aliphatic carbocycles. The van der Waals surface area contributed by atoms with E-state index >= 15 is 0 Å². The summed E-state index contributed by atoms with van der Waals surface area (Å²) in [5, 5.41) is 6.73. The van der Waals surface area contributed by atoms with Gasteiger partial charge in [0.25, 0.3) is 11.7 Å². The van der Waals surface area contributed by atoms with E-state index < -0.39 is 11.9 Å². The molecule has 146 valence electrons. The van der Waals surface area contributed by atoms with Crippen LogP contribution in [0.5, 0.6) is 0 Å². The lowest BCUT2D eigenvalue weighted by atomic mass is 10.1. The highest BCUT2D eigenvalue weighted by Gasteiger charge is 2.16. The lowest BCUT2D eigenvalue weighted by Crippen LogP contribution is -2.30. The Labute approximate surface area is 160 Å². The zero-order valence-corrected chi connectivity index (χ0v) is 15.6. The molecule has 1 N–H and O–H groups in total. The van der Waals surface area contributed by atoms with E-state index in [1.54, 1.807) is 23.6 Å². The van der Waals surface area contributed by atoms with Crippen LogP contribution in [0, 0.1) is 19.7 Å². The summed E-state index contributed by atoms with van der Waals surface area (Å²) in [7, 11) is 0. The highest BCUT2D eigenvalue weighted by atomic mass is 19.1. The second-order valence-corrected chi connectivity index (χ2v) is 6.30. The van der Waals surface area contributed by atoms with Crippen molar-refractivity contribution in [2.75, 3.05) is 13.2 Å². The monoisotopic (exact) mass is 385 g/mol. The number of aryl methyl sites for hydroxylation is 2. The maximum Gasteiger partial charge on any atom is 0.310 e. The summed E-state index contributed by atoms with van der Waals surface area (Å²) in [4.78, 5) is 32.3. The Balaban J connectivity index is 1.46. The number of esters is 1. The fourth-order valence-corrected chi connectivity index (χ4v) is 2.80. The van der Waals surface area contributed by atoms with E-state index in [2.05, 4.69) is 20.4 Å². The molecule has 1 amide bonds. The van der Waals surface area contributed by atoms with Gasteiger partial charge in [-0.1, -0.05) is 12.1 Å². The molecule has 2 aromatic heterocycles. The van der Waals surface area contributed by atoms with Crippen LogP contribution in [-0.4, -0.2) is 44.6 Å². The number of hydrogen-bond acceptors (Lipinski definition) is 6. The lowest BCUT2D eigenvalue weighted by molar-refractivity contribution is -0.147. The predicted molar refractivity (Wildman–Crippen MR) is 98.0 cm³/mol. The Hall–Kier alpha value is -3.36. The van der Waals surface area contributed by atoms with E-state index in [0.29, 0.717) is 30.0 Å². The normalized spacial score (nSPS) is 10.8. The molecule has 3 rings (SSSR count). The molecule has 8 nitrogen and oxygen atoms in total. The molecule has 3 aromatic rings. The second kappa shape index (κ2) is 8.55. The van der Waals surface area contributed by atoms with Crippen molar-refractivity contribution in [3.8, 4) is 0 Å². The van der Waals surface area contributed by atoms with Gasteiger partial charge in [-0.25, -0.2) is 13.9 Å². The molecule has 1 aromatic carbocycles. The molecule has 0 aliphatic rings. The molecule has 28 heavy (non-hydrogen) atoms. The van der Waals surface area contributed by atoms with Crippen LogP contribution in [0.4, 0.5) is 4.39 Å². The van der Waals surface area contributed by atoms with Crippen molar-refractivity contribution in [1.82, 2.24) is 24.9 Å². The predicted octanol–water partition coefficient (Wildman–Crippen LogP) is 1.32. The number of rotatable bonds is 7. The van der Waals surface area contributed by atoms with E-state index in [1.165, 1.54) is 18.5 Å². The minimum absolute atomic E-state index is 0.0106. The number of hydrogen-bond donors (Lipinski definition) is 1. The van der Waals surface area contributed by atoms with Gasteiger partial charge in [-0.15, -0.1) is 0 Å². The number of benzene rings is 1. The number of carbonyl (C=O) groups excluding carboxylic acids is 2. The van der Waals surface area contributed by atoms with Gasteiger partial charge in [0.15, 0.2) is 6.61 Å². The summed E-state index contributed by atoms with van der Waals surface area (Å²) in [6, 6.07) is 6.06. The third-order valence-electron chi connectivity index (χ3n) is 4.32. The average Bonchev–Trinajstić information content (AvgIpc) is 3.13. The molecule has 0 radical (unpaired) electrons. The first kappa shape index (κ1) is 19.4. The molecular weight excluding hydrogens is 365 g/mol. The number of nitrogens with one attached hydrogen (secondary N) is 1. The van der Waals surface area contributed by atoms with Crippen LogP contribution in [0.1, 0.15) is 22.5 Å². The Kier molecular flexibility index (Phi) is 5.93. The van der Waals surface area contributed by atoms with Gasteiger partial charge < -0.3 is 10.1 Å². The SMILES string of the molecule is Cc1nc2ncnn2c(C)c1CC(=O)OCC(=O)NCCc1ccc(F)cc1. The molecule has 0 aliphatic heterocycles. The van der Waals surface area contributed by atoms with Crippen molar-refractivity contribution in [2.24, 2.45) is 0 Å². The van der Waals surface area contributed by atoms with Crippen LogP contribution in [0.25, 0.3) is 5.78 Å². The van der Waals surface area contributed by atoms with Crippen molar-refractivity contribution < 1.29 is 18.7 Å². The summed E-state index contributed by atoms with van der Waals surface area (Å²) in [5.41, 5.74) is 3.01. The minimum atomic E-state index is -0.527. The number of aromatic nitrogens is 4. The molecule has 0 saturated heterocycles. The van der Waals surface area contributed by atoms with Crippen molar-refractivity contribution >= 4 is 17.7 Å². The topological polar surface area (TPSA) is 98.5 Å².